The fraction of sp³-hybridized carbons (Fsp3) is 0.167. The molecule has 0 saturated heterocycles. The van der Waals surface area contributed by atoms with Gasteiger partial charge in [-0.15, -0.1) is 0 Å². The molecule has 0 fully saturated rings. The predicted molar refractivity (Wildman–Crippen MR) is 75.1 cm³/mol. The van der Waals surface area contributed by atoms with E-state index in [0.29, 0.717) is 16.7 Å². The van der Waals surface area contributed by atoms with E-state index in [9.17, 15) is 4.79 Å². The molecule has 1 N–H and O–H groups in total. The van der Waals surface area contributed by atoms with Gasteiger partial charge in [-0.3, -0.25) is 4.79 Å². The number of rotatable bonds is 2. The topological polar surface area (TPSA) is 45.8 Å². The van der Waals surface area contributed by atoms with Crippen molar-refractivity contribution in [2.75, 3.05) is 0 Å². The minimum atomic E-state index is -0.146. The van der Waals surface area contributed by atoms with Gasteiger partial charge in [0.25, 0.3) is 5.56 Å². The monoisotopic (exact) mass is 356 g/mol. The Labute approximate surface area is 116 Å². The van der Waals surface area contributed by atoms with E-state index in [0.717, 1.165) is 15.7 Å². The molecule has 1 heterocycles. The van der Waals surface area contributed by atoms with Crippen LogP contribution in [0.3, 0.4) is 0 Å². The van der Waals surface area contributed by atoms with Crippen molar-refractivity contribution in [2.24, 2.45) is 0 Å². The summed E-state index contributed by atoms with van der Waals surface area (Å²) in [4.78, 5) is 18.9. The number of hydrogen-bond acceptors (Lipinski definition) is 2. The number of aryl methyl sites for hydroxylation is 1. The molecule has 1 aromatic heterocycles. The van der Waals surface area contributed by atoms with Crippen LogP contribution < -0.4 is 5.56 Å². The second-order valence-corrected chi connectivity index (χ2v) is 5.25. The number of aromatic amines is 1. The third-order valence-corrected chi connectivity index (χ3v) is 3.68. The SMILES string of the molecule is CCc1nc(-c2cccc(Br)c2)[nH]c(=O)c1Br. The van der Waals surface area contributed by atoms with Gasteiger partial charge in [-0.2, -0.15) is 0 Å². The third kappa shape index (κ3) is 2.66. The third-order valence-electron chi connectivity index (χ3n) is 2.36. The van der Waals surface area contributed by atoms with Gasteiger partial charge in [0.2, 0.25) is 0 Å². The predicted octanol–water partition coefficient (Wildman–Crippen LogP) is 3.52. The van der Waals surface area contributed by atoms with Crippen LogP contribution in [0.25, 0.3) is 11.4 Å². The van der Waals surface area contributed by atoms with Crippen molar-refractivity contribution >= 4 is 31.9 Å². The van der Waals surface area contributed by atoms with Gasteiger partial charge >= 0.3 is 0 Å². The molecule has 5 heteroatoms. The van der Waals surface area contributed by atoms with Crippen molar-refractivity contribution in [3.63, 3.8) is 0 Å². The summed E-state index contributed by atoms with van der Waals surface area (Å²) in [7, 11) is 0. The molecule has 0 radical (unpaired) electrons. The second kappa shape index (κ2) is 5.14. The van der Waals surface area contributed by atoms with Crippen molar-refractivity contribution < 1.29 is 0 Å². The van der Waals surface area contributed by atoms with Crippen molar-refractivity contribution in [2.45, 2.75) is 13.3 Å². The highest BCUT2D eigenvalue weighted by Crippen LogP contribution is 2.20. The average molecular weight is 358 g/mol. The standard InChI is InChI=1S/C12H10Br2N2O/c1-2-9-10(14)12(17)16-11(15-9)7-4-3-5-8(13)6-7/h3-6H,2H2,1H3,(H,15,16,17). The number of halogens is 2. The zero-order chi connectivity index (χ0) is 12.4. The fourth-order valence-electron chi connectivity index (χ4n) is 1.51. The van der Waals surface area contributed by atoms with Crippen LogP contribution in [0.1, 0.15) is 12.6 Å². The first-order valence-electron chi connectivity index (χ1n) is 5.16. The molecule has 0 unspecified atom stereocenters. The molecule has 0 atom stereocenters. The summed E-state index contributed by atoms with van der Waals surface area (Å²) in [6, 6.07) is 7.68. The van der Waals surface area contributed by atoms with Crippen LogP contribution in [-0.4, -0.2) is 9.97 Å². The summed E-state index contributed by atoms with van der Waals surface area (Å²) in [6.07, 6.45) is 0.714. The van der Waals surface area contributed by atoms with Gasteiger partial charge in [-0.25, -0.2) is 4.98 Å². The quantitative estimate of drug-likeness (QED) is 0.893. The molecule has 0 aliphatic heterocycles. The van der Waals surface area contributed by atoms with Crippen LogP contribution in [0.2, 0.25) is 0 Å². The summed E-state index contributed by atoms with van der Waals surface area (Å²) in [5, 5.41) is 0. The summed E-state index contributed by atoms with van der Waals surface area (Å²) in [6.45, 7) is 1.97. The van der Waals surface area contributed by atoms with Gasteiger partial charge in [0.1, 0.15) is 10.3 Å². The van der Waals surface area contributed by atoms with Crippen LogP contribution in [0.5, 0.6) is 0 Å². The largest absolute Gasteiger partial charge is 0.306 e. The first-order valence-corrected chi connectivity index (χ1v) is 6.75. The molecule has 0 spiro atoms. The highest BCUT2D eigenvalue weighted by molar-refractivity contribution is 9.10. The highest BCUT2D eigenvalue weighted by Gasteiger charge is 2.08. The van der Waals surface area contributed by atoms with Crippen molar-refractivity contribution in [1.29, 1.82) is 0 Å². The van der Waals surface area contributed by atoms with E-state index in [1.165, 1.54) is 0 Å². The Hall–Kier alpha value is -0.940. The second-order valence-electron chi connectivity index (χ2n) is 3.54. The fourth-order valence-corrected chi connectivity index (χ4v) is 2.38. The van der Waals surface area contributed by atoms with Crippen LogP contribution >= 0.6 is 31.9 Å². The molecule has 0 aliphatic carbocycles. The van der Waals surface area contributed by atoms with E-state index in [1.807, 2.05) is 31.2 Å². The molecule has 0 saturated carbocycles. The zero-order valence-corrected chi connectivity index (χ0v) is 12.3. The van der Waals surface area contributed by atoms with Crippen LogP contribution in [0.4, 0.5) is 0 Å². The summed E-state index contributed by atoms with van der Waals surface area (Å²) >= 11 is 6.64. The van der Waals surface area contributed by atoms with Gasteiger partial charge in [0.15, 0.2) is 0 Å². The van der Waals surface area contributed by atoms with Crippen molar-refractivity contribution in [3.05, 3.63) is 49.3 Å². The van der Waals surface area contributed by atoms with Crippen molar-refractivity contribution in [3.8, 4) is 11.4 Å². The van der Waals surface area contributed by atoms with E-state index >= 15 is 0 Å². The molecule has 0 amide bonds. The highest BCUT2D eigenvalue weighted by atomic mass is 79.9. The lowest BCUT2D eigenvalue weighted by molar-refractivity contribution is 0.970. The average Bonchev–Trinajstić information content (AvgIpc) is 2.32. The maximum atomic E-state index is 11.7. The van der Waals surface area contributed by atoms with E-state index < -0.39 is 0 Å². The van der Waals surface area contributed by atoms with Gasteiger partial charge in [0.05, 0.1) is 5.69 Å². The lowest BCUT2D eigenvalue weighted by Gasteiger charge is -2.05. The number of aromatic nitrogens is 2. The van der Waals surface area contributed by atoms with Crippen LogP contribution in [0, 0.1) is 0 Å². The summed E-state index contributed by atoms with van der Waals surface area (Å²) in [5.74, 6) is 0.594. The van der Waals surface area contributed by atoms with Crippen LogP contribution in [-0.2, 0) is 6.42 Å². The van der Waals surface area contributed by atoms with Gasteiger partial charge in [-0.05, 0) is 34.5 Å². The molecule has 1 aromatic carbocycles. The van der Waals surface area contributed by atoms with Gasteiger partial charge in [0, 0.05) is 10.0 Å². The van der Waals surface area contributed by atoms with E-state index in [-0.39, 0.29) is 5.56 Å². The minimum Gasteiger partial charge on any atom is -0.306 e. The lowest BCUT2D eigenvalue weighted by atomic mass is 10.2. The van der Waals surface area contributed by atoms with Gasteiger partial charge in [-0.1, -0.05) is 35.0 Å². The summed E-state index contributed by atoms with van der Waals surface area (Å²) in [5.41, 5.74) is 1.51. The maximum absolute atomic E-state index is 11.7. The van der Waals surface area contributed by atoms with Crippen molar-refractivity contribution in [1.82, 2.24) is 9.97 Å². The van der Waals surface area contributed by atoms with Gasteiger partial charge < -0.3 is 4.98 Å². The number of hydrogen-bond donors (Lipinski definition) is 1. The van der Waals surface area contributed by atoms with E-state index in [2.05, 4.69) is 41.8 Å². The number of nitrogens with one attached hydrogen (secondary N) is 1. The summed E-state index contributed by atoms with van der Waals surface area (Å²) < 4.78 is 1.47. The molecule has 17 heavy (non-hydrogen) atoms. The smallest absolute Gasteiger partial charge is 0.265 e. The molecule has 3 nitrogen and oxygen atoms in total. The molecular formula is C12H10Br2N2O. The Bertz CT molecular complexity index is 608. The molecule has 2 aromatic rings. The first-order chi connectivity index (χ1) is 8.11. The maximum Gasteiger partial charge on any atom is 0.265 e. The Morgan fingerprint density at radius 2 is 2.12 bits per heavy atom. The molecule has 0 bridgehead atoms. The molecule has 2 rings (SSSR count). The first kappa shape index (κ1) is 12.5. The minimum absolute atomic E-state index is 0.146. The Morgan fingerprint density at radius 1 is 1.35 bits per heavy atom. The van der Waals surface area contributed by atoms with E-state index in [1.54, 1.807) is 0 Å². The molecular weight excluding hydrogens is 348 g/mol. The Kier molecular flexibility index (Phi) is 3.79. The Morgan fingerprint density at radius 3 is 2.76 bits per heavy atom. The number of benzene rings is 1. The number of H-pyrrole nitrogens is 1. The molecule has 88 valence electrons. The Balaban J connectivity index is 2.61. The van der Waals surface area contributed by atoms with E-state index in [4.69, 9.17) is 0 Å². The lowest BCUT2D eigenvalue weighted by Crippen LogP contribution is -2.13. The van der Waals surface area contributed by atoms with Crippen LogP contribution in [0.15, 0.2) is 38.0 Å². The normalized spacial score (nSPS) is 10.5. The zero-order valence-electron chi connectivity index (χ0n) is 9.13. The molecule has 0 aliphatic rings. The number of nitrogens with zero attached hydrogens (tertiary/aromatic N) is 1.